The molecular weight excluding hydrogens is 873 g/mol. The van der Waals surface area contributed by atoms with Crippen molar-refractivity contribution in [1.82, 2.24) is 28.7 Å². The van der Waals surface area contributed by atoms with E-state index in [0.717, 1.165) is 13.3 Å². The third-order valence-electron chi connectivity index (χ3n) is 5.89. The molecule has 0 atom stereocenters. The zero-order valence-corrected chi connectivity index (χ0v) is 29.9. The molecule has 0 bridgehead atoms. The van der Waals surface area contributed by atoms with Crippen LogP contribution in [0, 0.1) is 13.3 Å². The molecule has 0 N–H and O–H groups in total. The van der Waals surface area contributed by atoms with E-state index >= 15 is 0 Å². The molecule has 0 radical (unpaired) electrons. The molecule has 37 heavy (non-hydrogen) atoms. The molecular formula is C26H44I2N8Pt+2. The SMILES string of the molecule is CC(C)N1C=CN(CN2C=CN(C(C)C)[CH-]2)[CH-]1.CC(C)n1cc[n+](C[n+]2ccn(C(C)C)c2)c1.[I][Pt+2][I]. The molecule has 0 spiro atoms. The van der Waals surface area contributed by atoms with Crippen molar-refractivity contribution >= 4 is 38.7 Å². The summed E-state index contributed by atoms with van der Waals surface area (Å²) in [6.07, 6.45) is 21.2. The van der Waals surface area contributed by atoms with Crippen LogP contribution in [0.3, 0.4) is 0 Å². The van der Waals surface area contributed by atoms with Crippen molar-refractivity contribution in [1.29, 1.82) is 0 Å². The summed E-state index contributed by atoms with van der Waals surface area (Å²) in [6, 6.07) is 2.06. The van der Waals surface area contributed by atoms with Crippen LogP contribution in [0.25, 0.3) is 0 Å². The van der Waals surface area contributed by atoms with Crippen LogP contribution in [-0.4, -0.2) is 47.5 Å². The van der Waals surface area contributed by atoms with E-state index < -0.39 is 0 Å². The first-order chi connectivity index (χ1) is 17.5. The number of imidazole rings is 2. The summed E-state index contributed by atoms with van der Waals surface area (Å²) in [4.78, 5) is 8.79. The number of nitrogens with zero attached hydrogens (tertiary/aromatic N) is 8. The van der Waals surface area contributed by atoms with Gasteiger partial charge in [0.05, 0.1) is 12.1 Å². The summed E-state index contributed by atoms with van der Waals surface area (Å²) < 4.78 is 8.79. The standard InChI is InChI=1S/2C13H22N4.2HI.Pt/c2*1-12(2)16-7-5-14(10-16)9-15-6-8-17(11-15)13(3)4;;;/h2*5-8,10-13H,9H2,1-4H3;2*1H;/q-2;+2;;;+4/p-2. The summed E-state index contributed by atoms with van der Waals surface area (Å²) in [5.41, 5.74) is 0. The Bertz CT molecular complexity index is 895. The van der Waals surface area contributed by atoms with E-state index in [1.807, 2.05) is 0 Å². The minimum absolute atomic E-state index is 0.515. The molecule has 2 aromatic heterocycles. The number of rotatable bonds is 8. The van der Waals surface area contributed by atoms with Crippen LogP contribution in [0.2, 0.25) is 0 Å². The van der Waals surface area contributed by atoms with Gasteiger partial charge in [-0.3, -0.25) is 0 Å². The van der Waals surface area contributed by atoms with Gasteiger partial charge in [0.25, 0.3) is 0 Å². The molecule has 210 valence electrons. The molecule has 0 aliphatic carbocycles. The predicted octanol–water partition coefficient (Wildman–Crippen LogP) is 5.48. The van der Waals surface area contributed by atoms with Crippen molar-refractivity contribution in [3.8, 4) is 0 Å². The summed E-state index contributed by atoms with van der Waals surface area (Å²) in [5.74, 6) is 0. The van der Waals surface area contributed by atoms with Crippen LogP contribution in [0.5, 0.6) is 0 Å². The van der Waals surface area contributed by atoms with Gasteiger partial charge < -0.3 is 19.6 Å². The molecule has 8 nitrogen and oxygen atoms in total. The number of hydrogen-bond acceptors (Lipinski definition) is 4. The molecule has 0 saturated heterocycles. The van der Waals surface area contributed by atoms with E-state index in [-0.39, 0.29) is 0 Å². The number of hydrogen-bond donors (Lipinski definition) is 0. The second kappa shape index (κ2) is 16.4. The molecule has 2 aliphatic heterocycles. The molecule has 0 aromatic carbocycles. The number of halogens is 2. The van der Waals surface area contributed by atoms with Crippen LogP contribution in [-0.2, 0) is 17.9 Å². The Morgan fingerprint density at radius 3 is 1.30 bits per heavy atom. The van der Waals surface area contributed by atoms with Gasteiger partial charge in [0.1, 0.15) is 24.8 Å². The molecule has 2 aliphatic rings. The summed E-state index contributed by atoms with van der Waals surface area (Å²) in [6.45, 7) is 23.5. The Balaban J connectivity index is 0.000000235. The van der Waals surface area contributed by atoms with Gasteiger partial charge in [-0.25, -0.2) is 9.13 Å². The summed E-state index contributed by atoms with van der Waals surface area (Å²) in [5, 5.41) is 0. The van der Waals surface area contributed by atoms with E-state index in [9.17, 15) is 0 Å². The zero-order chi connectivity index (χ0) is 27.5. The molecule has 11 heteroatoms. The van der Waals surface area contributed by atoms with Crippen LogP contribution in [0.15, 0.2) is 62.2 Å². The molecule has 0 fully saturated rings. The first-order valence-electron chi connectivity index (χ1n) is 12.6. The first-order valence-corrected chi connectivity index (χ1v) is 25.5. The van der Waals surface area contributed by atoms with Gasteiger partial charge in [0.2, 0.25) is 19.3 Å². The Hall–Kier alpha value is -0.752. The van der Waals surface area contributed by atoms with Crippen molar-refractivity contribution in [3.05, 3.63) is 75.6 Å². The third kappa shape index (κ3) is 11.1. The summed E-state index contributed by atoms with van der Waals surface area (Å²) in [7, 11) is 0. The molecule has 0 unspecified atom stereocenters. The Morgan fingerprint density at radius 2 is 1.03 bits per heavy atom. The zero-order valence-electron chi connectivity index (χ0n) is 23.3. The van der Waals surface area contributed by atoms with Crippen molar-refractivity contribution in [2.75, 3.05) is 6.67 Å². The molecule has 4 heterocycles. The molecule has 2 aromatic rings. The van der Waals surface area contributed by atoms with Crippen LogP contribution in [0.4, 0.5) is 0 Å². The predicted molar refractivity (Wildman–Crippen MR) is 163 cm³/mol. The molecule has 0 saturated carbocycles. The fourth-order valence-electron chi connectivity index (χ4n) is 3.58. The van der Waals surface area contributed by atoms with Gasteiger partial charge in [-0.2, -0.15) is 22.5 Å². The second-order valence-corrected chi connectivity index (χ2v) is 26.8. The van der Waals surface area contributed by atoms with Crippen molar-refractivity contribution in [2.45, 2.75) is 86.2 Å². The van der Waals surface area contributed by atoms with Crippen molar-refractivity contribution in [2.24, 2.45) is 0 Å². The fourth-order valence-corrected chi connectivity index (χ4v) is 3.58. The van der Waals surface area contributed by atoms with E-state index in [0.29, 0.717) is 35.4 Å². The maximum atomic E-state index is 2.39. The van der Waals surface area contributed by atoms with Crippen LogP contribution >= 0.6 is 38.7 Å². The quantitative estimate of drug-likeness (QED) is 0.200. The summed E-state index contributed by atoms with van der Waals surface area (Å²) >= 11 is 5.30. The topological polar surface area (TPSA) is 30.6 Å². The Kier molecular flexibility index (Phi) is 14.4. The van der Waals surface area contributed by atoms with Gasteiger partial charge in [-0.05, 0) is 92.3 Å². The van der Waals surface area contributed by atoms with E-state index in [2.05, 4.69) is 208 Å². The second-order valence-electron chi connectivity index (χ2n) is 10.2. The van der Waals surface area contributed by atoms with Crippen molar-refractivity contribution in [3.63, 3.8) is 0 Å². The Labute approximate surface area is 254 Å². The average Bonchev–Trinajstić information content (AvgIpc) is 3.63. The Morgan fingerprint density at radius 1 is 0.649 bits per heavy atom. The van der Waals surface area contributed by atoms with E-state index in [4.69, 9.17) is 0 Å². The fraction of sp³-hybridized carbons (Fsp3) is 0.538. The van der Waals surface area contributed by atoms with Gasteiger partial charge in [-0.1, -0.05) is 0 Å². The number of aromatic nitrogens is 4. The maximum absolute atomic E-state index is 2.39. The van der Waals surface area contributed by atoms with Gasteiger partial charge in [-0.15, -0.1) is 0 Å². The monoisotopic (exact) mass is 917 g/mol. The molecule has 4 rings (SSSR count). The van der Waals surface area contributed by atoms with E-state index in [1.54, 1.807) is 0 Å². The van der Waals surface area contributed by atoms with Crippen LogP contribution < -0.4 is 9.13 Å². The van der Waals surface area contributed by atoms with E-state index in [1.165, 1.54) is 0 Å². The third-order valence-corrected chi connectivity index (χ3v) is 5.89. The minimum atomic E-state index is 0.515. The normalized spacial score (nSPS) is 15.0. The molecule has 0 amide bonds. The van der Waals surface area contributed by atoms with Crippen molar-refractivity contribution < 1.29 is 20.3 Å². The van der Waals surface area contributed by atoms with Gasteiger partial charge >= 0.3 is 49.9 Å². The average molecular weight is 918 g/mol. The van der Waals surface area contributed by atoms with Gasteiger partial charge in [0, 0.05) is 6.67 Å². The first kappa shape index (κ1) is 32.5. The van der Waals surface area contributed by atoms with Crippen LogP contribution in [0.1, 0.15) is 67.5 Å². The van der Waals surface area contributed by atoms with Gasteiger partial charge in [0.15, 0.2) is 0 Å².